The largest absolute Gasteiger partial charge is 0.392 e. The molecule has 0 radical (unpaired) electrons. The highest BCUT2D eigenvalue weighted by Crippen LogP contribution is 2.28. The van der Waals surface area contributed by atoms with Gasteiger partial charge in [0.15, 0.2) is 0 Å². The van der Waals surface area contributed by atoms with Gasteiger partial charge in [-0.2, -0.15) is 0 Å². The van der Waals surface area contributed by atoms with Crippen molar-refractivity contribution in [3.63, 3.8) is 0 Å². The van der Waals surface area contributed by atoms with Gasteiger partial charge in [-0.05, 0) is 57.7 Å². The van der Waals surface area contributed by atoms with Crippen LogP contribution in [-0.4, -0.2) is 28.1 Å². The van der Waals surface area contributed by atoms with Crippen molar-refractivity contribution < 1.29 is 5.11 Å². The highest BCUT2D eigenvalue weighted by Gasteiger charge is 2.32. The highest BCUT2D eigenvalue weighted by atomic mass is 16.3. The van der Waals surface area contributed by atoms with Gasteiger partial charge >= 0.3 is 0 Å². The van der Waals surface area contributed by atoms with Gasteiger partial charge in [-0.15, -0.1) is 0 Å². The van der Waals surface area contributed by atoms with Crippen molar-refractivity contribution in [2.45, 2.75) is 58.2 Å². The Morgan fingerprint density at radius 1 is 1.17 bits per heavy atom. The summed E-state index contributed by atoms with van der Waals surface area (Å²) in [6.07, 6.45) is 3.75. The zero-order valence-electron chi connectivity index (χ0n) is 11.8. The minimum atomic E-state index is 0.137. The van der Waals surface area contributed by atoms with E-state index in [1.165, 1.54) is 24.9 Å². The van der Waals surface area contributed by atoms with E-state index in [4.69, 9.17) is 5.11 Å². The number of likely N-dealkylation sites (tertiary alicyclic amines) is 1. The van der Waals surface area contributed by atoms with Gasteiger partial charge in [0.2, 0.25) is 0 Å². The SMILES string of the molecule is CC(C)(C)N1CCCC1Cc1ccc(CO)cc1. The number of hydrogen-bond acceptors (Lipinski definition) is 2. The van der Waals surface area contributed by atoms with E-state index in [0.717, 1.165) is 12.0 Å². The topological polar surface area (TPSA) is 23.5 Å². The molecule has 2 nitrogen and oxygen atoms in total. The fourth-order valence-electron chi connectivity index (χ4n) is 2.98. The van der Waals surface area contributed by atoms with Crippen molar-refractivity contribution in [3.05, 3.63) is 35.4 Å². The van der Waals surface area contributed by atoms with Crippen LogP contribution < -0.4 is 0 Å². The van der Waals surface area contributed by atoms with Crippen molar-refractivity contribution in [2.24, 2.45) is 0 Å². The average Bonchev–Trinajstić information content (AvgIpc) is 2.78. The minimum Gasteiger partial charge on any atom is -0.392 e. The first-order valence-electron chi connectivity index (χ1n) is 6.96. The van der Waals surface area contributed by atoms with Gasteiger partial charge < -0.3 is 5.11 Å². The molecule has 100 valence electrons. The number of nitrogens with zero attached hydrogens (tertiary/aromatic N) is 1. The molecule has 1 unspecified atom stereocenters. The standard InChI is InChI=1S/C16H25NO/c1-16(2,3)17-10-4-5-15(17)11-13-6-8-14(12-18)9-7-13/h6-9,15,18H,4-5,10-12H2,1-3H3. The molecule has 1 aromatic carbocycles. The summed E-state index contributed by atoms with van der Waals surface area (Å²) < 4.78 is 0. The Morgan fingerprint density at radius 3 is 2.33 bits per heavy atom. The predicted molar refractivity (Wildman–Crippen MR) is 75.5 cm³/mol. The van der Waals surface area contributed by atoms with Crippen LogP contribution in [0, 0.1) is 0 Å². The fraction of sp³-hybridized carbons (Fsp3) is 0.625. The third kappa shape index (κ3) is 3.12. The van der Waals surface area contributed by atoms with Gasteiger partial charge in [-0.25, -0.2) is 0 Å². The van der Waals surface area contributed by atoms with E-state index >= 15 is 0 Å². The molecular formula is C16H25NO. The van der Waals surface area contributed by atoms with Crippen molar-refractivity contribution >= 4 is 0 Å². The van der Waals surface area contributed by atoms with Crippen LogP contribution in [-0.2, 0) is 13.0 Å². The first-order valence-corrected chi connectivity index (χ1v) is 6.96. The summed E-state index contributed by atoms with van der Waals surface area (Å²) >= 11 is 0. The molecule has 1 saturated heterocycles. The predicted octanol–water partition coefficient (Wildman–Crippen LogP) is 2.98. The molecule has 1 aliphatic rings. The van der Waals surface area contributed by atoms with Crippen molar-refractivity contribution in [3.8, 4) is 0 Å². The summed E-state index contributed by atoms with van der Waals surface area (Å²) in [6, 6.07) is 9.05. The lowest BCUT2D eigenvalue weighted by atomic mass is 9.99. The molecule has 0 aromatic heterocycles. The van der Waals surface area contributed by atoms with Gasteiger partial charge in [-0.1, -0.05) is 24.3 Å². The summed E-state index contributed by atoms with van der Waals surface area (Å²) in [5.74, 6) is 0. The van der Waals surface area contributed by atoms with E-state index < -0.39 is 0 Å². The van der Waals surface area contributed by atoms with Gasteiger partial charge in [0.05, 0.1) is 6.61 Å². The summed E-state index contributed by atoms with van der Waals surface area (Å²) in [5.41, 5.74) is 2.65. The molecule has 0 aliphatic carbocycles. The number of hydrogen-bond donors (Lipinski definition) is 1. The Morgan fingerprint density at radius 2 is 1.78 bits per heavy atom. The molecule has 2 rings (SSSR count). The lowest BCUT2D eigenvalue weighted by Gasteiger charge is -2.37. The van der Waals surface area contributed by atoms with Crippen molar-refractivity contribution in [1.29, 1.82) is 0 Å². The summed E-state index contributed by atoms with van der Waals surface area (Å²) in [4.78, 5) is 2.63. The number of aliphatic hydroxyl groups is 1. The Kier molecular flexibility index (Phi) is 4.08. The second-order valence-corrected chi connectivity index (χ2v) is 6.34. The molecule has 0 bridgehead atoms. The van der Waals surface area contributed by atoms with E-state index in [9.17, 15) is 0 Å². The van der Waals surface area contributed by atoms with Crippen molar-refractivity contribution in [2.75, 3.05) is 6.54 Å². The highest BCUT2D eigenvalue weighted by molar-refractivity contribution is 5.23. The van der Waals surface area contributed by atoms with Gasteiger partial charge in [0.1, 0.15) is 0 Å². The third-order valence-corrected chi connectivity index (χ3v) is 3.92. The zero-order valence-corrected chi connectivity index (χ0v) is 11.8. The van der Waals surface area contributed by atoms with Crippen LogP contribution in [0.1, 0.15) is 44.7 Å². The quantitative estimate of drug-likeness (QED) is 0.887. The monoisotopic (exact) mass is 247 g/mol. The zero-order chi connectivity index (χ0) is 13.2. The molecule has 1 fully saturated rings. The van der Waals surface area contributed by atoms with Gasteiger partial charge in [0, 0.05) is 11.6 Å². The number of benzene rings is 1. The maximum Gasteiger partial charge on any atom is 0.0681 e. The van der Waals surface area contributed by atoms with E-state index in [-0.39, 0.29) is 12.1 Å². The van der Waals surface area contributed by atoms with E-state index in [0.29, 0.717) is 6.04 Å². The lowest BCUT2D eigenvalue weighted by molar-refractivity contribution is 0.121. The number of rotatable bonds is 3. The Hall–Kier alpha value is -0.860. The van der Waals surface area contributed by atoms with Crippen LogP contribution in [0.5, 0.6) is 0 Å². The molecule has 0 spiro atoms. The third-order valence-electron chi connectivity index (χ3n) is 3.92. The van der Waals surface area contributed by atoms with E-state index in [2.05, 4.69) is 37.8 Å². The smallest absolute Gasteiger partial charge is 0.0681 e. The Bertz CT molecular complexity index is 377. The summed E-state index contributed by atoms with van der Waals surface area (Å²) in [7, 11) is 0. The molecule has 1 aromatic rings. The average molecular weight is 247 g/mol. The molecule has 0 saturated carbocycles. The Balaban J connectivity index is 2.03. The molecular weight excluding hydrogens is 222 g/mol. The van der Waals surface area contributed by atoms with E-state index in [1.807, 2.05) is 12.1 Å². The molecule has 1 aliphatic heterocycles. The minimum absolute atomic E-state index is 0.137. The fourth-order valence-corrected chi connectivity index (χ4v) is 2.98. The molecule has 1 N–H and O–H groups in total. The van der Waals surface area contributed by atoms with Crippen LogP contribution in [0.3, 0.4) is 0 Å². The second kappa shape index (κ2) is 5.41. The van der Waals surface area contributed by atoms with Crippen molar-refractivity contribution in [1.82, 2.24) is 4.90 Å². The van der Waals surface area contributed by atoms with Gasteiger partial charge in [0.25, 0.3) is 0 Å². The maximum absolute atomic E-state index is 9.05. The molecule has 18 heavy (non-hydrogen) atoms. The number of aliphatic hydroxyl groups excluding tert-OH is 1. The lowest BCUT2D eigenvalue weighted by Crippen LogP contribution is -2.45. The van der Waals surface area contributed by atoms with Crippen LogP contribution in [0.15, 0.2) is 24.3 Å². The molecule has 0 amide bonds. The molecule has 2 heteroatoms. The molecule has 1 atom stereocenters. The van der Waals surface area contributed by atoms with Gasteiger partial charge in [-0.3, -0.25) is 4.90 Å². The first kappa shape index (κ1) is 13.6. The van der Waals surface area contributed by atoms with E-state index in [1.54, 1.807) is 0 Å². The summed E-state index contributed by atoms with van der Waals surface area (Å²) in [6.45, 7) is 8.28. The maximum atomic E-state index is 9.05. The van der Waals surface area contributed by atoms with Crippen LogP contribution in [0.2, 0.25) is 0 Å². The first-order chi connectivity index (χ1) is 8.50. The Labute approximate surface area is 111 Å². The van der Waals surface area contributed by atoms with Crippen LogP contribution in [0.4, 0.5) is 0 Å². The van der Waals surface area contributed by atoms with Crippen LogP contribution in [0.25, 0.3) is 0 Å². The summed E-state index contributed by atoms with van der Waals surface area (Å²) in [5, 5.41) is 9.05. The van der Waals surface area contributed by atoms with Crippen LogP contribution >= 0.6 is 0 Å². The second-order valence-electron chi connectivity index (χ2n) is 6.34. The molecule has 1 heterocycles. The normalized spacial score (nSPS) is 21.4.